The van der Waals surface area contributed by atoms with Crippen molar-refractivity contribution in [2.75, 3.05) is 0 Å². The lowest BCUT2D eigenvalue weighted by molar-refractivity contribution is -0.126. The highest BCUT2D eigenvalue weighted by Gasteiger charge is 2.26. The fourth-order valence-corrected chi connectivity index (χ4v) is 3.46. The molecular formula is C19H23F2NO2. The lowest BCUT2D eigenvalue weighted by Crippen LogP contribution is -2.42. The van der Waals surface area contributed by atoms with Crippen LogP contribution in [0.4, 0.5) is 8.78 Å². The molecule has 0 radical (unpaired) electrons. The summed E-state index contributed by atoms with van der Waals surface area (Å²) in [5.74, 6) is -0.788. The third-order valence-electron chi connectivity index (χ3n) is 4.80. The summed E-state index contributed by atoms with van der Waals surface area (Å²) >= 11 is 0. The first-order valence-electron chi connectivity index (χ1n) is 8.68. The molecular weight excluding hydrogens is 312 g/mol. The maximum Gasteiger partial charge on any atom is 0.223 e. The highest BCUT2D eigenvalue weighted by molar-refractivity contribution is 5.79. The minimum absolute atomic E-state index is 0.0584. The van der Waals surface area contributed by atoms with Crippen molar-refractivity contribution >= 4 is 5.91 Å². The van der Waals surface area contributed by atoms with Gasteiger partial charge in [0, 0.05) is 30.2 Å². The van der Waals surface area contributed by atoms with Gasteiger partial charge in [0.2, 0.25) is 5.91 Å². The van der Waals surface area contributed by atoms with Gasteiger partial charge in [0.15, 0.2) is 0 Å². The first-order valence-corrected chi connectivity index (χ1v) is 8.68. The molecule has 1 amide bonds. The molecule has 24 heavy (non-hydrogen) atoms. The molecule has 130 valence electrons. The van der Waals surface area contributed by atoms with Crippen molar-refractivity contribution in [1.82, 2.24) is 5.32 Å². The minimum atomic E-state index is -0.632. The molecule has 1 aromatic rings. The van der Waals surface area contributed by atoms with Crippen molar-refractivity contribution in [3.05, 3.63) is 42.0 Å². The van der Waals surface area contributed by atoms with Crippen LogP contribution in [0.5, 0.6) is 5.75 Å². The molecule has 3 nitrogen and oxygen atoms in total. The topological polar surface area (TPSA) is 38.3 Å². The van der Waals surface area contributed by atoms with Crippen LogP contribution in [-0.2, 0) is 4.79 Å². The number of carbonyl (C=O) groups is 1. The molecule has 2 aliphatic rings. The highest BCUT2D eigenvalue weighted by atomic mass is 19.1. The Morgan fingerprint density at radius 1 is 1.00 bits per heavy atom. The minimum Gasteiger partial charge on any atom is -0.490 e. The second-order valence-corrected chi connectivity index (χ2v) is 6.69. The predicted octanol–water partition coefficient (Wildman–Crippen LogP) is 4.13. The molecule has 1 N–H and O–H groups in total. The molecule has 0 bridgehead atoms. The van der Waals surface area contributed by atoms with Gasteiger partial charge in [0.1, 0.15) is 17.4 Å². The fraction of sp³-hybridized carbons (Fsp3) is 0.526. The van der Waals surface area contributed by atoms with Gasteiger partial charge < -0.3 is 10.1 Å². The van der Waals surface area contributed by atoms with E-state index < -0.39 is 11.6 Å². The van der Waals surface area contributed by atoms with Gasteiger partial charge in [-0.15, -0.1) is 0 Å². The van der Waals surface area contributed by atoms with Crippen LogP contribution in [0.2, 0.25) is 0 Å². The van der Waals surface area contributed by atoms with Crippen molar-refractivity contribution < 1.29 is 18.3 Å². The van der Waals surface area contributed by atoms with Gasteiger partial charge in [0.25, 0.3) is 0 Å². The first-order chi connectivity index (χ1) is 11.6. The maximum absolute atomic E-state index is 13.2. The molecule has 1 fully saturated rings. The maximum atomic E-state index is 13.2. The standard InChI is InChI=1S/C19H23F2NO2/c20-14-10-15(21)12-18(11-14)24-17-8-6-16(7-9-17)22-19(23)13-4-2-1-3-5-13/h1-2,10-13,16-17H,3-9H2,(H,22,23). The molecule has 0 aromatic heterocycles. The lowest BCUT2D eigenvalue weighted by atomic mass is 9.90. The molecule has 1 unspecified atom stereocenters. The number of nitrogens with one attached hydrogen (secondary N) is 1. The Bertz CT molecular complexity index is 589. The van der Waals surface area contributed by atoms with Gasteiger partial charge in [-0.1, -0.05) is 12.2 Å². The van der Waals surface area contributed by atoms with Crippen LogP contribution in [0.15, 0.2) is 30.4 Å². The van der Waals surface area contributed by atoms with Crippen LogP contribution in [-0.4, -0.2) is 18.1 Å². The number of rotatable bonds is 4. The van der Waals surface area contributed by atoms with Crippen LogP contribution in [0.3, 0.4) is 0 Å². The Kier molecular flexibility index (Phi) is 5.48. The average Bonchev–Trinajstić information content (AvgIpc) is 2.56. The van der Waals surface area contributed by atoms with Crippen LogP contribution in [0.1, 0.15) is 44.9 Å². The second-order valence-electron chi connectivity index (χ2n) is 6.69. The largest absolute Gasteiger partial charge is 0.490 e. The molecule has 3 rings (SSSR count). The van der Waals surface area contributed by atoms with Crippen LogP contribution < -0.4 is 10.1 Å². The van der Waals surface area contributed by atoms with E-state index in [1.807, 2.05) is 0 Å². The van der Waals surface area contributed by atoms with Crippen LogP contribution >= 0.6 is 0 Å². The van der Waals surface area contributed by atoms with Gasteiger partial charge in [-0.2, -0.15) is 0 Å². The summed E-state index contributed by atoms with van der Waals surface area (Å²) in [4.78, 5) is 12.3. The van der Waals surface area contributed by atoms with Crippen molar-refractivity contribution in [1.29, 1.82) is 0 Å². The Morgan fingerprint density at radius 3 is 2.33 bits per heavy atom. The van der Waals surface area contributed by atoms with Gasteiger partial charge in [0.05, 0.1) is 6.10 Å². The molecule has 2 aliphatic carbocycles. The average molecular weight is 335 g/mol. The zero-order valence-electron chi connectivity index (χ0n) is 13.6. The summed E-state index contributed by atoms with van der Waals surface area (Å²) in [7, 11) is 0. The molecule has 1 atom stereocenters. The van der Waals surface area contributed by atoms with Crippen LogP contribution in [0.25, 0.3) is 0 Å². The summed E-state index contributed by atoms with van der Waals surface area (Å²) in [6.45, 7) is 0. The first kappa shape index (κ1) is 16.9. The van der Waals surface area contributed by atoms with E-state index in [1.165, 1.54) is 12.1 Å². The van der Waals surface area contributed by atoms with E-state index >= 15 is 0 Å². The van der Waals surface area contributed by atoms with E-state index in [0.29, 0.717) is 0 Å². The van der Waals surface area contributed by atoms with E-state index in [9.17, 15) is 13.6 Å². The number of halogens is 2. The molecule has 0 heterocycles. The van der Waals surface area contributed by atoms with E-state index in [0.717, 1.165) is 51.0 Å². The molecule has 0 saturated heterocycles. The van der Waals surface area contributed by atoms with Crippen molar-refractivity contribution in [2.45, 2.75) is 57.1 Å². The Hall–Kier alpha value is -1.91. The van der Waals surface area contributed by atoms with Gasteiger partial charge >= 0.3 is 0 Å². The number of hydrogen-bond acceptors (Lipinski definition) is 2. The zero-order chi connectivity index (χ0) is 16.9. The number of ether oxygens (including phenoxy) is 1. The number of carbonyl (C=O) groups excluding carboxylic acids is 1. The Labute approximate surface area is 141 Å². The summed E-state index contributed by atoms with van der Waals surface area (Å²) in [5, 5.41) is 3.14. The monoisotopic (exact) mass is 335 g/mol. The zero-order valence-corrected chi connectivity index (χ0v) is 13.6. The SMILES string of the molecule is O=C(NC1CCC(Oc2cc(F)cc(F)c2)CC1)C1CC=CCC1. The lowest BCUT2D eigenvalue weighted by Gasteiger charge is -2.30. The predicted molar refractivity (Wildman–Crippen MR) is 87.7 cm³/mol. The van der Waals surface area contributed by atoms with Crippen molar-refractivity contribution in [2.24, 2.45) is 5.92 Å². The quantitative estimate of drug-likeness (QED) is 0.840. The highest BCUT2D eigenvalue weighted by Crippen LogP contribution is 2.26. The third kappa shape index (κ3) is 4.56. The number of amides is 1. The second kappa shape index (κ2) is 7.77. The summed E-state index contributed by atoms with van der Waals surface area (Å²) in [6, 6.07) is 3.41. The Morgan fingerprint density at radius 2 is 1.71 bits per heavy atom. The third-order valence-corrected chi connectivity index (χ3v) is 4.80. The fourth-order valence-electron chi connectivity index (χ4n) is 3.46. The number of allylic oxidation sites excluding steroid dienone is 2. The van der Waals surface area contributed by atoms with E-state index in [2.05, 4.69) is 17.5 Å². The molecule has 1 aromatic carbocycles. The smallest absolute Gasteiger partial charge is 0.223 e. The number of hydrogen-bond donors (Lipinski definition) is 1. The summed E-state index contributed by atoms with van der Waals surface area (Å²) in [5.41, 5.74) is 0. The van der Waals surface area contributed by atoms with E-state index in [4.69, 9.17) is 4.74 Å². The van der Waals surface area contributed by atoms with Crippen LogP contribution in [0, 0.1) is 17.6 Å². The Balaban J connectivity index is 1.45. The molecule has 1 saturated carbocycles. The summed E-state index contributed by atoms with van der Waals surface area (Å²) < 4.78 is 32.1. The molecule has 0 aliphatic heterocycles. The number of benzene rings is 1. The van der Waals surface area contributed by atoms with Gasteiger partial charge in [-0.05, 0) is 44.9 Å². The molecule has 0 spiro atoms. The van der Waals surface area contributed by atoms with E-state index in [-0.39, 0.29) is 29.7 Å². The van der Waals surface area contributed by atoms with Gasteiger partial charge in [-0.25, -0.2) is 8.78 Å². The normalized spacial score (nSPS) is 26.8. The van der Waals surface area contributed by atoms with Crippen molar-refractivity contribution in [3.63, 3.8) is 0 Å². The summed E-state index contributed by atoms with van der Waals surface area (Å²) in [6.07, 6.45) is 10.1. The molecule has 5 heteroatoms. The van der Waals surface area contributed by atoms with E-state index in [1.54, 1.807) is 0 Å². The van der Waals surface area contributed by atoms with Gasteiger partial charge in [-0.3, -0.25) is 4.79 Å². The van der Waals surface area contributed by atoms with Crippen molar-refractivity contribution in [3.8, 4) is 5.75 Å².